The lowest BCUT2D eigenvalue weighted by Crippen LogP contribution is -2.51. The maximum Gasteiger partial charge on any atom is 0.416 e. The zero-order valence-electron chi connectivity index (χ0n) is 22.5. The largest absolute Gasteiger partial charge is 0.461 e. The summed E-state index contributed by atoms with van der Waals surface area (Å²) < 4.78 is 72.8. The van der Waals surface area contributed by atoms with Crippen LogP contribution in [0.25, 0.3) is 0 Å². The Bertz CT molecular complexity index is 1140. The van der Waals surface area contributed by atoms with Crippen LogP contribution < -0.4 is 16.0 Å². The van der Waals surface area contributed by atoms with Gasteiger partial charge in [0.25, 0.3) is 6.02 Å². The summed E-state index contributed by atoms with van der Waals surface area (Å²) in [5.41, 5.74) is 5.32. The van der Waals surface area contributed by atoms with Crippen LogP contribution in [0.3, 0.4) is 0 Å². The van der Waals surface area contributed by atoms with Crippen molar-refractivity contribution in [3.8, 4) is 12.8 Å². The fourth-order valence-electron chi connectivity index (χ4n) is 3.85. The van der Waals surface area contributed by atoms with Crippen LogP contribution in [-0.4, -0.2) is 37.5 Å². The number of imide groups is 1. The van der Waals surface area contributed by atoms with Crippen LogP contribution in [0.15, 0.2) is 41.4 Å². The topological polar surface area (TPSA) is 97.0 Å². The van der Waals surface area contributed by atoms with Gasteiger partial charge in [0.2, 0.25) is 12.3 Å². The van der Waals surface area contributed by atoms with Crippen molar-refractivity contribution in [2.75, 3.05) is 18.0 Å². The number of terminal acetylenes is 1. The first-order chi connectivity index (χ1) is 19.0. The number of nitrogens with two attached hydrogens (primary N) is 1. The summed E-state index contributed by atoms with van der Waals surface area (Å²) in [4.78, 5) is 28.5. The highest BCUT2D eigenvalue weighted by Crippen LogP contribution is 2.33. The molecule has 0 radical (unpaired) electrons. The Kier molecular flexibility index (Phi) is 13.6. The van der Waals surface area contributed by atoms with E-state index in [1.807, 2.05) is 19.2 Å². The highest BCUT2D eigenvalue weighted by molar-refractivity contribution is 5.91. The number of nitrogens with one attached hydrogen (secondary N) is 1. The number of ether oxygens (including phenoxy) is 1. The fraction of sp³-hybridized carbons (Fsp3) is 0.393. The molecular formula is C28H33F5N4O3. The number of amidine groups is 1. The molecule has 12 heteroatoms. The second-order valence-corrected chi connectivity index (χ2v) is 8.30. The molecule has 3 N–H and O–H groups in total. The number of carbonyl (C=O) groups is 2. The molecule has 1 fully saturated rings. The number of benzene rings is 2. The molecule has 1 saturated heterocycles. The summed E-state index contributed by atoms with van der Waals surface area (Å²) in [5, 5.41) is 1.95. The number of amides is 2. The summed E-state index contributed by atoms with van der Waals surface area (Å²) in [6, 6.07) is 6.23. The number of nitrogens with zero attached hydrogens (tertiary/aromatic N) is 2. The van der Waals surface area contributed by atoms with Gasteiger partial charge in [-0.1, -0.05) is 39.3 Å². The molecule has 2 aromatic rings. The third-order valence-corrected chi connectivity index (χ3v) is 5.71. The van der Waals surface area contributed by atoms with E-state index in [4.69, 9.17) is 10.5 Å². The van der Waals surface area contributed by atoms with Gasteiger partial charge in [-0.05, 0) is 36.2 Å². The van der Waals surface area contributed by atoms with Crippen LogP contribution in [0.1, 0.15) is 56.2 Å². The molecule has 218 valence electrons. The molecule has 2 aromatic carbocycles. The number of anilines is 1. The Labute approximate surface area is 230 Å². The van der Waals surface area contributed by atoms with Gasteiger partial charge in [-0.15, -0.1) is 12.8 Å². The van der Waals surface area contributed by atoms with Gasteiger partial charge >= 0.3 is 6.18 Å². The number of alkyl halides is 3. The monoisotopic (exact) mass is 568 g/mol. The predicted molar refractivity (Wildman–Crippen MR) is 143 cm³/mol. The zero-order chi connectivity index (χ0) is 30.5. The van der Waals surface area contributed by atoms with Crippen LogP contribution in [0, 0.1) is 24.5 Å². The highest BCUT2D eigenvalue weighted by atomic mass is 19.4. The minimum atomic E-state index is -4.43. The average molecular weight is 569 g/mol. The van der Waals surface area contributed by atoms with Gasteiger partial charge in [-0.25, -0.2) is 13.8 Å². The van der Waals surface area contributed by atoms with Crippen LogP contribution in [0.2, 0.25) is 0 Å². The number of hydrogen-bond donors (Lipinski definition) is 2. The Morgan fingerprint density at radius 3 is 2.20 bits per heavy atom. The number of halogens is 5. The predicted octanol–water partition coefficient (Wildman–Crippen LogP) is 5.14. The molecule has 1 heterocycles. The van der Waals surface area contributed by atoms with Crippen molar-refractivity contribution < 1.29 is 36.3 Å². The Hall–Kier alpha value is -4.14. The normalized spacial score (nSPS) is 13.9. The molecule has 3 rings (SSSR count). The van der Waals surface area contributed by atoms with E-state index in [0.29, 0.717) is 25.1 Å². The smallest absolute Gasteiger partial charge is 0.416 e. The second-order valence-electron chi connectivity index (χ2n) is 8.30. The minimum Gasteiger partial charge on any atom is -0.461 e. The molecular weight excluding hydrogens is 535 g/mol. The van der Waals surface area contributed by atoms with E-state index >= 15 is 0 Å². The number of rotatable bonds is 9. The standard InChI is InChI=1S/C24H25F5N4O3.C2H6.C2H2/c1-2-3-18(22(35)31-13-34)21-19(25)8-17(9-20(21)26)33-10-16(11-33)32-23(30)36-12-14-4-6-15(7-5-14)24(27,28)29;2*1-2/h4-9,13,16,18H,2-3,10-12H2,1H3,(H2,30,32)(H,31,34,35);1-2H3;1-2H. The third kappa shape index (κ3) is 9.25. The van der Waals surface area contributed by atoms with Gasteiger partial charge in [0.05, 0.1) is 17.5 Å². The van der Waals surface area contributed by atoms with Crippen molar-refractivity contribution in [1.29, 1.82) is 0 Å². The molecule has 1 unspecified atom stereocenters. The van der Waals surface area contributed by atoms with Gasteiger partial charge in [0.1, 0.15) is 18.2 Å². The van der Waals surface area contributed by atoms with Crippen molar-refractivity contribution in [3.63, 3.8) is 0 Å². The Balaban J connectivity index is 0.00000191. The van der Waals surface area contributed by atoms with Gasteiger partial charge in [0.15, 0.2) is 0 Å². The van der Waals surface area contributed by atoms with Gasteiger partial charge < -0.3 is 15.4 Å². The van der Waals surface area contributed by atoms with Crippen LogP contribution in [0.4, 0.5) is 27.6 Å². The first kappa shape index (κ1) is 33.9. The van der Waals surface area contributed by atoms with Gasteiger partial charge in [-0.3, -0.25) is 14.9 Å². The van der Waals surface area contributed by atoms with Crippen molar-refractivity contribution >= 4 is 24.0 Å². The van der Waals surface area contributed by atoms with E-state index in [1.165, 1.54) is 12.1 Å². The average Bonchev–Trinajstić information content (AvgIpc) is 2.90. The first-order valence-corrected chi connectivity index (χ1v) is 12.5. The van der Waals surface area contributed by atoms with Gasteiger partial charge in [-0.2, -0.15) is 13.2 Å². The lowest BCUT2D eigenvalue weighted by molar-refractivity contribution is -0.137. The maximum atomic E-state index is 14.8. The van der Waals surface area contributed by atoms with E-state index in [2.05, 4.69) is 17.8 Å². The molecule has 40 heavy (non-hydrogen) atoms. The maximum absolute atomic E-state index is 14.8. The van der Waals surface area contributed by atoms with Crippen molar-refractivity contribution in [2.45, 2.75) is 58.4 Å². The summed E-state index contributed by atoms with van der Waals surface area (Å²) in [7, 11) is 0. The molecule has 0 saturated carbocycles. The van der Waals surface area contributed by atoms with E-state index < -0.39 is 40.8 Å². The van der Waals surface area contributed by atoms with Crippen molar-refractivity contribution in [2.24, 2.45) is 10.7 Å². The minimum absolute atomic E-state index is 0.0710. The molecule has 0 spiro atoms. The van der Waals surface area contributed by atoms with E-state index in [-0.39, 0.29) is 37.2 Å². The molecule has 1 atom stereocenters. The van der Waals surface area contributed by atoms with Crippen LogP contribution in [-0.2, 0) is 27.1 Å². The lowest BCUT2D eigenvalue weighted by atomic mass is 9.92. The Morgan fingerprint density at radius 1 is 1.18 bits per heavy atom. The number of aliphatic imine (C=N–C) groups is 1. The second kappa shape index (κ2) is 16.1. The van der Waals surface area contributed by atoms with Gasteiger partial charge in [0, 0.05) is 24.3 Å². The summed E-state index contributed by atoms with van der Waals surface area (Å²) in [6.07, 6.45) is 4.39. The molecule has 0 aliphatic carbocycles. The van der Waals surface area contributed by atoms with Crippen molar-refractivity contribution in [3.05, 3.63) is 64.7 Å². The zero-order valence-corrected chi connectivity index (χ0v) is 22.5. The highest BCUT2D eigenvalue weighted by Gasteiger charge is 2.32. The van der Waals surface area contributed by atoms with E-state index in [9.17, 15) is 31.5 Å². The van der Waals surface area contributed by atoms with Crippen LogP contribution >= 0.6 is 0 Å². The first-order valence-electron chi connectivity index (χ1n) is 12.5. The van der Waals surface area contributed by atoms with E-state index in [0.717, 1.165) is 24.3 Å². The molecule has 7 nitrogen and oxygen atoms in total. The number of hydrogen-bond acceptors (Lipinski definition) is 5. The molecule has 0 aromatic heterocycles. The summed E-state index contributed by atoms with van der Waals surface area (Å²) >= 11 is 0. The SMILES string of the molecule is C#C.CC.CCCC(C(=O)NC=O)c1c(F)cc(N2CC(N=C(N)OCc3ccc(C(F)(F)F)cc3)C2)cc1F. The summed E-state index contributed by atoms with van der Waals surface area (Å²) in [6.45, 7) is 6.28. The third-order valence-electron chi connectivity index (χ3n) is 5.71. The van der Waals surface area contributed by atoms with E-state index in [1.54, 1.807) is 11.8 Å². The molecule has 1 aliphatic rings. The Morgan fingerprint density at radius 2 is 1.73 bits per heavy atom. The van der Waals surface area contributed by atoms with Crippen LogP contribution in [0.5, 0.6) is 0 Å². The molecule has 2 amide bonds. The summed E-state index contributed by atoms with van der Waals surface area (Å²) in [5.74, 6) is -3.70. The fourth-order valence-corrected chi connectivity index (χ4v) is 3.85. The van der Waals surface area contributed by atoms with Crippen molar-refractivity contribution in [1.82, 2.24) is 5.32 Å². The lowest BCUT2D eigenvalue weighted by Gasteiger charge is -2.39. The molecule has 1 aliphatic heterocycles. The number of carbonyl (C=O) groups excluding carboxylic acids is 2. The quantitative estimate of drug-likeness (QED) is 0.144. The molecule has 0 bridgehead atoms.